The number of fused-ring (bicyclic) bond motifs is 1. The minimum absolute atomic E-state index is 0.319. The zero-order valence-electron chi connectivity index (χ0n) is 16.3. The molecule has 28 heavy (non-hydrogen) atoms. The number of hydrogen-bond donors (Lipinski definition) is 0. The van der Waals surface area contributed by atoms with Crippen molar-refractivity contribution in [1.82, 2.24) is 0 Å². The predicted octanol–water partition coefficient (Wildman–Crippen LogP) is 5.96. The van der Waals surface area contributed by atoms with Crippen molar-refractivity contribution in [2.45, 2.75) is 27.4 Å². The molecule has 3 heteroatoms. The Kier molecular flexibility index (Phi) is 4.74. The van der Waals surface area contributed by atoms with E-state index in [4.69, 9.17) is 9.15 Å². The monoisotopic (exact) mass is 370 g/mol. The second kappa shape index (κ2) is 7.35. The van der Waals surface area contributed by atoms with Crippen LogP contribution in [-0.2, 0) is 6.61 Å². The summed E-state index contributed by atoms with van der Waals surface area (Å²) in [6.07, 6.45) is 0. The van der Waals surface area contributed by atoms with E-state index in [0.29, 0.717) is 17.8 Å². The molecular formula is C25H22O3. The smallest absolute Gasteiger partial charge is 0.344 e. The molecule has 0 aliphatic rings. The molecule has 0 radical (unpaired) electrons. The molecule has 0 aliphatic carbocycles. The first-order chi connectivity index (χ1) is 13.5. The Morgan fingerprint density at radius 3 is 2.46 bits per heavy atom. The first kappa shape index (κ1) is 18.1. The lowest BCUT2D eigenvalue weighted by atomic mass is 9.99. The number of ether oxygens (including phenoxy) is 1. The SMILES string of the molecule is Cc1ccc(C)c(COc2ccc3oc(=O)c(-c4ccccc4)c(C)c3c2)c1. The van der Waals surface area contributed by atoms with Crippen LogP contribution >= 0.6 is 0 Å². The standard InChI is InChI=1S/C25H22O3/c1-16-9-10-17(2)20(13-16)15-27-21-11-12-23-22(14-21)18(3)24(25(26)28-23)19-7-5-4-6-8-19/h4-14H,15H2,1-3H3. The normalized spacial score (nSPS) is 11.0. The predicted molar refractivity (Wildman–Crippen MR) is 113 cm³/mol. The minimum Gasteiger partial charge on any atom is -0.489 e. The zero-order chi connectivity index (χ0) is 19.7. The second-order valence-corrected chi connectivity index (χ2v) is 7.13. The van der Waals surface area contributed by atoms with Crippen molar-refractivity contribution in [2.75, 3.05) is 0 Å². The van der Waals surface area contributed by atoms with Gasteiger partial charge in [0.15, 0.2) is 0 Å². The maximum absolute atomic E-state index is 12.5. The Labute approximate surface area is 164 Å². The van der Waals surface area contributed by atoms with Gasteiger partial charge in [0.25, 0.3) is 0 Å². The third kappa shape index (κ3) is 3.44. The molecule has 0 fully saturated rings. The van der Waals surface area contributed by atoms with Crippen LogP contribution in [0.1, 0.15) is 22.3 Å². The third-order valence-electron chi connectivity index (χ3n) is 5.10. The number of benzene rings is 3. The van der Waals surface area contributed by atoms with Gasteiger partial charge in [0.1, 0.15) is 17.9 Å². The Balaban J connectivity index is 1.72. The molecule has 0 amide bonds. The highest BCUT2D eigenvalue weighted by Crippen LogP contribution is 2.29. The first-order valence-corrected chi connectivity index (χ1v) is 9.35. The van der Waals surface area contributed by atoms with Crippen molar-refractivity contribution < 1.29 is 9.15 Å². The summed E-state index contributed by atoms with van der Waals surface area (Å²) in [5, 5.41) is 0.886. The van der Waals surface area contributed by atoms with Gasteiger partial charge < -0.3 is 9.15 Å². The lowest BCUT2D eigenvalue weighted by Gasteiger charge is -2.12. The van der Waals surface area contributed by atoms with Crippen molar-refractivity contribution in [3.05, 3.63) is 99.4 Å². The molecule has 4 rings (SSSR count). The van der Waals surface area contributed by atoms with E-state index in [1.54, 1.807) is 6.07 Å². The molecule has 0 bridgehead atoms. The van der Waals surface area contributed by atoms with Gasteiger partial charge in [-0.05, 0) is 61.2 Å². The number of aryl methyl sites for hydroxylation is 3. The molecule has 1 heterocycles. The topological polar surface area (TPSA) is 39.4 Å². The highest BCUT2D eigenvalue weighted by Gasteiger charge is 2.14. The van der Waals surface area contributed by atoms with E-state index >= 15 is 0 Å². The average Bonchev–Trinajstić information content (AvgIpc) is 2.70. The van der Waals surface area contributed by atoms with Gasteiger partial charge in [-0.2, -0.15) is 0 Å². The zero-order valence-corrected chi connectivity index (χ0v) is 16.3. The molecule has 0 saturated carbocycles. The summed E-state index contributed by atoms with van der Waals surface area (Å²) in [7, 11) is 0. The minimum atomic E-state index is -0.319. The highest BCUT2D eigenvalue weighted by atomic mass is 16.5. The highest BCUT2D eigenvalue weighted by molar-refractivity contribution is 5.87. The average molecular weight is 370 g/mol. The lowest BCUT2D eigenvalue weighted by Crippen LogP contribution is -2.06. The van der Waals surface area contributed by atoms with Crippen molar-refractivity contribution in [3.63, 3.8) is 0 Å². The Bertz CT molecular complexity index is 1200. The molecular weight excluding hydrogens is 348 g/mol. The summed E-state index contributed by atoms with van der Waals surface area (Å²) in [5.41, 5.74) is 6.20. The van der Waals surface area contributed by atoms with Crippen molar-refractivity contribution in [2.24, 2.45) is 0 Å². The summed E-state index contributed by atoms with van der Waals surface area (Å²) in [5.74, 6) is 0.754. The maximum atomic E-state index is 12.5. The van der Waals surface area contributed by atoms with Crippen LogP contribution in [0.4, 0.5) is 0 Å². The molecule has 140 valence electrons. The summed E-state index contributed by atoms with van der Waals surface area (Å²) in [4.78, 5) is 12.5. The quantitative estimate of drug-likeness (QED) is 0.416. The summed E-state index contributed by atoms with van der Waals surface area (Å²) < 4.78 is 11.6. The molecule has 0 spiro atoms. The molecule has 0 saturated heterocycles. The Morgan fingerprint density at radius 1 is 0.893 bits per heavy atom. The lowest BCUT2D eigenvalue weighted by molar-refractivity contribution is 0.305. The van der Waals surface area contributed by atoms with E-state index in [1.807, 2.05) is 49.4 Å². The van der Waals surface area contributed by atoms with Crippen LogP contribution in [0.5, 0.6) is 5.75 Å². The summed E-state index contributed by atoms with van der Waals surface area (Å²) in [6.45, 7) is 6.62. The van der Waals surface area contributed by atoms with Crippen LogP contribution in [-0.4, -0.2) is 0 Å². The van der Waals surface area contributed by atoms with Gasteiger partial charge in [-0.1, -0.05) is 54.1 Å². The number of hydrogen-bond acceptors (Lipinski definition) is 3. The maximum Gasteiger partial charge on any atom is 0.344 e. The van der Waals surface area contributed by atoms with E-state index in [1.165, 1.54) is 16.7 Å². The summed E-state index contributed by atoms with van der Waals surface area (Å²) >= 11 is 0. The van der Waals surface area contributed by atoms with E-state index in [0.717, 1.165) is 22.3 Å². The molecule has 0 unspecified atom stereocenters. The van der Waals surface area contributed by atoms with Crippen LogP contribution in [0, 0.1) is 20.8 Å². The van der Waals surface area contributed by atoms with E-state index in [-0.39, 0.29) is 5.63 Å². The fraction of sp³-hybridized carbons (Fsp3) is 0.160. The van der Waals surface area contributed by atoms with Gasteiger partial charge in [-0.15, -0.1) is 0 Å². The Hall–Kier alpha value is -3.33. The van der Waals surface area contributed by atoms with Crippen LogP contribution in [0.3, 0.4) is 0 Å². The largest absolute Gasteiger partial charge is 0.489 e. The molecule has 0 atom stereocenters. The Morgan fingerprint density at radius 2 is 1.68 bits per heavy atom. The van der Waals surface area contributed by atoms with Gasteiger partial charge in [-0.25, -0.2) is 4.79 Å². The first-order valence-electron chi connectivity index (χ1n) is 9.35. The van der Waals surface area contributed by atoms with Crippen LogP contribution in [0.25, 0.3) is 22.1 Å². The fourth-order valence-corrected chi connectivity index (χ4v) is 3.48. The van der Waals surface area contributed by atoms with Crippen molar-refractivity contribution in [1.29, 1.82) is 0 Å². The third-order valence-corrected chi connectivity index (χ3v) is 5.10. The van der Waals surface area contributed by atoms with E-state index in [9.17, 15) is 4.79 Å². The van der Waals surface area contributed by atoms with E-state index < -0.39 is 0 Å². The van der Waals surface area contributed by atoms with Crippen LogP contribution < -0.4 is 10.4 Å². The van der Waals surface area contributed by atoms with Gasteiger partial charge in [0.2, 0.25) is 0 Å². The number of rotatable bonds is 4. The van der Waals surface area contributed by atoms with Gasteiger partial charge in [-0.3, -0.25) is 0 Å². The van der Waals surface area contributed by atoms with Crippen LogP contribution in [0.2, 0.25) is 0 Å². The molecule has 1 aromatic heterocycles. The van der Waals surface area contributed by atoms with Crippen molar-refractivity contribution >= 4 is 11.0 Å². The molecule has 3 aromatic carbocycles. The van der Waals surface area contributed by atoms with E-state index in [2.05, 4.69) is 32.0 Å². The molecule has 4 aromatic rings. The molecule has 0 aliphatic heterocycles. The fourth-order valence-electron chi connectivity index (χ4n) is 3.48. The van der Waals surface area contributed by atoms with Crippen LogP contribution in [0.15, 0.2) is 75.9 Å². The summed E-state index contributed by atoms with van der Waals surface area (Å²) in [6, 6.07) is 21.6. The van der Waals surface area contributed by atoms with Gasteiger partial charge in [0, 0.05) is 5.39 Å². The molecule has 3 nitrogen and oxygen atoms in total. The van der Waals surface area contributed by atoms with Gasteiger partial charge in [0.05, 0.1) is 5.56 Å². The second-order valence-electron chi connectivity index (χ2n) is 7.13. The van der Waals surface area contributed by atoms with Gasteiger partial charge >= 0.3 is 5.63 Å². The molecule has 0 N–H and O–H groups in total. The van der Waals surface area contributed by atoms with Crippen molar-refractivity contribution in [3.8, 4) is 16.9 Å².